The Morgan fingerprint density at radius 3 is 2.67 bits per heavy atom. The van der Waals surface area contributed by atoms with Crippen molar-refractivity contribution in [3.63, 3.8) is 0 Å². The Hall–Kier alpha value is 0.0900. The highest BCUT2D eigenvalue weighted by atomic mass is 79.9. The van der Waals surface area contributed by atoms with Crippen LogP contribution in [0.15, 0.2) is 14.1 Å². The first-order valence-corrected chi connectivity index (χ1v) is 9.22. The van der Waals surface area contributed by atoms with E-state index in [9.17, 15) is 8.42 Å². The zero-order valence-electron chi connectivity index (χ0n) is 10.8. The molecule has 2 heterocycles. The number of nitrogens with zero attached hydrogens (tertiary/aromatic N) is 1. The molecule has 0 bridgehead atoms. The van der Waals surface area contributed by atoms with E-state index in [1.54, 1.807) is 10.4 Å². The van der Waals surface area contributed by atoms with Crippen LogP contribution in [0.5, 0.6) is 0 Å². The Morgan fingerprint density at radius 2 is 2.17 bits per heavy atom. The van der Waals surface area contributed by atoms with Gasteiger partial charge in [0.25, 0.3) is 10.0 Å². The first-order chi connectivity index (χ1) is 8.37. The third-order valence-corrected chi connectivity index (χ3v) is 8.20. The molecular weight excluding hydrogens is 334 g/mol. The lowest BCUT2D eigenvalue weighted by molar-refractivity contribution is 0.329. The number of hydrogen-bond donors (Lipinski definition) is 0. The molecule has 0 N–H and O–H groups in total. The molecule has 2 atom stereocenters. The van der Waals surface area contributed by atoms with E-state index in [4.69, 9.17) is 0 Å². The van der Waals surface area contributed by atoms with Gasteiger partial charge in [0.2, 0.25) is 0 Å². The topological polar surface area (TPSA) is 37.4 Å². The van der Waals surface area contributed by atoms with Gasteiger partial charge in [0.15, 0.2) is 0 Å². The second-order valence-corrected chi connectivity index (χ2v) is 9.29. The maximum absolute atomic E-state index is 12.7. The van der Waals surface area contributed by atoms with Crippen molar-refractivity contribution in [2.24, 2.45) is 0 Å². The summed E-state index contributed by atoms with van der Waals surface area (Å²) in [4.78, 5) is 0. The summed E-state index contributed by atoms with van der Waals surface area (Å²) in [5, 5.41) is 0. The van der Waals surface area contributed by atoms with Gasteiger partial charge in [-0.1, -0.05) is 6.92 Å². The van der Waals surface area contributed by atoms with Crippen LogP contribution in [0.3, 0.4) is 0 Å². The molecule has 6 heteroatoms. The average molecular weight is 352 g/mol. The third kappa shape index (κ3) is 2.40. The molecule has 0 amide bonds. The summed E-state index contributed by atoms with van der Waals surface area (Å²) in [6.45, 7) is 5.98. The molecule has 1 fully saturated rings. The van der Waals surface area contributed by atoms with Crippen molar-refractivity contribution in [2.75, 3.05) is 0 Å². The van der Waals surface area contributed by atoms with E-state index in [0.29, 0.717) is 4.21 Å². The molecule has 0 aromatic carbocycles. The first kappa shape index (κ1) is 14.5. The van der Waals surface area contributed by atoms with Gasteiger partial charge in [-0.2, -0.15) is 4.31 Å². The first-order valence-electron chi connectivity index (χ1n) is 6.17. The van der Waals surface area contributed by atoms with Crippen LogP contribution in [0.2, 0.25) is 0 Å². The highest BCUT2D eigenvalue weighted by Crippen LogP contribution is 2.37. The molecule has 18 heavy (non-hydrogen) atoms. The molecule has 0 spiro atoms. The van der Waals surface area contributed by atoms with E-state index in [1.807, 2.05) is 13.8 Å². The highest BCUT2D eigenvalue weighted by molar-refractivity contribution is 9.11. The Bertz CT molecular complexity index is 519. The van der Waals surface area contributed by atoms with Crippen molar-refractivity contribution in [3.05, 3.63) is 15.4 Å². The molecule has 1 aromatic heterocycles. The minimum absolute atomic E-state index is 0.112. The summed E-state index contributed by atoms with van der Waals surface area (Å²) in [7, 11) is -3.33. The van der Waals surface area contributed by atoms with Gasteiger partial charge in [-0.15, -0.1) is 11.3 Å². The molecule has 3 nitrogen and oxygen atoms in total. The Kier molecular flexibility index (Phi) is 4.21. The van der Waals surface area contributed by atoms with Gasteiger partial charge in [0.05, 0.1) is 3.79 Å². The normalized spacial score (nSPS) is 25.8. The molecule has 0 saturated carbocycles. The van der Waals surface area contributed by atoms with Crippen molar-refractivity contribution in [1.29, 1.82) is 0 Å². The van der Waals surface area contributed by atoms with Crippen LogP contribution >= 0.6 is 27.3 Å². The van der Waals surface area contributed by atoms with Crippen molar-refractivity contribution in [1.82, 2.24) is 4.31 Å². The van der Waals surface area contributed by atoms with Crippen LogP contribution in [-0.2, 0) is 10.0 Å². The van der Waals surface area contributed by atoms with E-state index < -0.39 is 10.0 Å². The standard InChI is InChI=1S/C12H18BrNO2S2/c1-4-10-6-5-9(3)14(10)18(15,16)11-7-8(2)12(13)17-11/h7,9-10H,4-6H2,1-3H3. The van der Waals surface area contributed by atoms with Crippen LogP contribution in [0.1, 0.15) is 38.7 Å². The quantitative estimate of drug-likeness (QED) is 0.830. The van der Waals surface area contributed by atoms with Gasteiger partial charge in [-0.25, -0.2) is 8.42 Å². The summed E-state index contributed by atoms with van der Waals surface area (Å²) in [6, 6.07) is 2.04. The zero-order chi connectivity index (χ0) is 13.5. The van der Waals surface area contributed by atoms with Crippen LogP contribution in [0.25, 0.3) is 0 Å². The van der Waals surface area contributed by atoms with Crippen molar-refractivity contribution >= 4 is 37.3 Å². The monoisotopic (exact) mass is 351 g/mol. The number of halogens is 1. The van der Waals surface area contributed by atoms with Gasteiger partial charge in [-0.3, -0.25) is 0 Å². The van der Waals surface area contributed by atoms with Crippen molar-refractivity contribution < 1.29 is 8.42 Å². The number of thiophene rings is 1. The zero-order valence-corrected chi connectivity index (χ0v) is 14.0. The summed E-state index contributed by atoms with van der Waals surface area (Å²) in [6.07, 6.45) is 2.82. The van der Waals surface area contributed by atoms with E-state index in [-0.39, 0.29) is 12.1 Å². The molecule has 2 rings (SSSR count). The Morgan fingerprint density at radius 1 is 1.50 bits per heavy atom. The molecule has 102 valence electrons. The fourth-order valence-electron chi connectivity index (χ4n) is 2.53. The van der Waals surface area contributed by atoms with Crippen LogP contribution in [-0.4, -0.2) is 24.8 Å². The summed E-state index contributed by atoms with van der Waals surface area (Å²) >= 11 is 4.71. The van der Waals surface area contributed by atoms with Crippen LogP contribution < -0.4 is 0 Å². The lowest BCUT2D eigenvalue weighted by Crippen LogP contribution is -2.39. The second kappa shape index (κ2) is 5.23. The van der Waals surface area contributed by atoms with Gasteiger partial charge in [0, 0.05) is 12.1 Å². The molecule has 1 aliphatic heterocycles. The Labute approximate surface area is 121 Å². The highest BCUT2D eigenvalue weighted by Gasteiger charge is 2.39. The van der Waals surface area contributed by atoms with E-state index in [1.165, 1.54) is 11.3 Å². The van der Waals surface area contributed by atoms with Crippen molar-refractivity contribution in [2.45, 2.75) is 56.3 Å². The van der Waals surface area contributed by atoms with Gasteiger partial charge in [0.1, 0.15) is 4.21 Å². The maximum Gasteiger partial charge on any atom is 0.253 e. The molecule has 0 radical (unpaired) electrons. The lowest BCUT2D eigenvalue weighted by Gasteiger charge is -2.26. The van der Waals surface area contributed by atoms with E-state index >= 15 is 0 Å². The van der Waals surface area contributed by atoms with Crippen molar-refractivity contribution in [3.8, 4) is 0 Å². The third-order valence-electron chi connectivity index (χ3n) is 3.55. The summed E-state index contributed by atoms with van der Waals surface area (Å²) in [5.41, 5.74) is 0.985. The number of hydrogen-bond acceptors (Lipinski definition) is 3. The predicted octanol–water partition coefficient (Wildman–Crippen LogP) is 3.77. The number of rotatable bonds is 3. The molecule has 1 aromatic rings. The fraction of sp³-hybridized carbons (Fsp3) is 0.667. The second-order valence-electron chi connectivity index (χ2n) is 4.85. The van der Waals surface area contributed by atoms with Crippen LogP contribution in [0.4, 0.5) is 0 Å². The van der Waals surface area contributed by atoms with E-state index in [2.05, 4.69) is 22.9 Å². The lowest BCUT2D eigenvalue weighted by atomic mass is 10.2. The van der Waals surface area contributed by atoms with E-state index in [0.717, 1.165) is 28.6 Å². The predicted molar refractivity (Wildman–Crippen MR) is 78.6 cm³/mol. The SMILES string of the molecule is CCC1CCC(C)N1S(=O)(=O)c1cc(C)c(Br)s1. The number of sulfonamides is 1. The van der Waals surface area contributed by atoms with Gasteiger partial charge >= 0.3 is 0 Å². The summed E-state index contributed by atoms with van der Waals surface area (Å²) in [5.74, 6) is 0. The van der Waals surface area contributed by atoms with Gasteiger partial charge < -0.3 is 0 Å². The number of aryl methyl sites for hydroxylation is 1. The largest absolute Gasteiger partial charge is 0.253 e. The molecule has 1 saturated heterocycles. The fourth-order valence-corrected chi connectivity index (χ4v) is 6.81. The average Bonchev–Trinajstić information content (AvgIpc) is 2.84. The minimum atomic E-state index is -3.33. The maximum atomic E-state index is 12.7. The van der Waals surface area contributed by atoms with Gasteiger partial charge in [-0.05, 0) is 60.7 Å². The Balaban J connectivity index is 2.41. The molecule has 2 unspecified atom stereocenters. The van der Waals surface area contributed by atoms with Crippen LogP contribution in [0, 0.1) is 6.92 Å². The molecule has 1 aliphatic rings. The molecular formula is C12H18BrNO2S2. The minimum Gasteiger partial charge on any atom is -0.206 e. The molecule has 0 aliphatic carbocycles. The smallest absolute Gasteiger partial charge is 0.206 e. The summed E-state index contributed by atoms with van der Waals surface area (Å²) < 4.78 is 28.5.